The van der Waals surface area contributed by atoms with Crippen molar-refractivity contribution in [1.82, 2.24) is 14.9 Å². The van der Waals surface area contributed by atoms with Crippen LogP contribution in [-0.4, -0.2) is 28.0 Å². The summed E-state index contributed by atoms with van der Waals surface area (Å²) in [7, 11) is 0. The van der Waals surface area contributed by atoms with Crippen molar-refractivity contribution in [2.45, 2.75) is 45.6 Å². The van der Waals surface area contributed by atoms with E-state index in [0.717, 1.165) is 29.9 Å². The zero-order valence-corrected chi connectivity index (χ0v) is 12.4. The number of hydrogen-bond donors (Lipinski definition) is 0. The van der Waals surface area contributed by atoms with Gasteiger partial charge in [-0.3, -0.25) is 4.90 Å². The molecular formula is C15H22ClN3. The maximum absolute atomic E-state index is 6.01. The van der Waals surface area contributed by atoms with Crippen molar-refractivity contribution in [2.75, 3.05) is 13.1 Å². The number of halogens is 1. The second-order valence-corrected chi connectivity index (χ2v) is 6.46. The van der Waals surface area contributed by atoms with Crippen LogP contribution in [0.2, 0.25) is 5.15 Å². The molecule has 0 N–H and O–H groups in total. The molecule has 3 nitrogen and oxygen atoms in total. The first-order valence-electron chi connectivity index (χ1n) is 7.43. The van der Waals surface area contributed by atoms with E-state index in [1.165, 1.54) is 45.2 Å². The van der Waals surface area contributed by atoms with Gasteiger partial charge in [0.05, 0.1) is 6.54 Å². The van der Waals surface area contributed by atoms with E-state index < -0.39 is 0 Å². The fraction of sp³-hybridized carbons (Fsp3) is 0.733. The van der Waals surface area contributed by atoms with Gasteiger partial charge in [-0.05, 0) is 44.2 Å². The van der Waals surface area contributed by atoms with Gasteiger partial charge in [0.2, 0.25) is 0 Å². The SMILES string of the molecule is Cc1cc(Cl)nc(CN2CCC3CCCCC3C2)n1. The van der Waals surface area contributed by atoms with E-state index in [0.29, 0.717) is 5.15 Å². The van der Waals surface area contributed by atoms with Gasteiger partial charge in [0, 0.05) is 12.2 Å². The fourth-order valence-corrected chi connectivity index (χ4v) is 3.93. The minimum Gasteiger partial charge on any atom is -0.296 e. The van der Waals surface area contributed by atoms with E-state index in [4.69, 9.17) is 11.6 Å². The van der Waals surface area contributed by atoms with E-state index in [1.54, 1.807) is 0 Å². The Morgan fingerprint density at radius 2 is 2.00 bits per heavy atom. The molecule has 3 rings (SSSR count). The van der Waals surface area contributed by atoms with Gasteiger partial charge in [0.25, 0.3) is 0 Å². The monoisotopic (exact) mass is 279 g/mol. The van der Waals surface area contributed by atoms with Crippen molar-refractivity contribution in [3.63, 3.8) is 0 Å². The summed E-state index contributed by atoms with van der Waals surface area (Å²) in [6, 6.07) is 1.82. The Labute approximate surface area is 120 Å². The van der Waals surface area contributed by atoms with Crippen molar-refractivity contribution in [3.8, 4) is 0 Å². The van der Waals surface area contributed by atoms with Crippen LogP contribution in [0.1, 0.15) is 43.6 Å². The highest BCUT2D eigenvalue weighted by molar-refractivity contribution is 6.29. The predicted octanol–water partition coefficient (Wildman–Crippen LogP) is 3.45. The molecule has 0 spiro atoms. The molecule has 1 saturated carbocycles. The van der Waals surface area contributed by atoms with Crippen LogP contribution >= 0.6 is 11.6 Å². The number of aromatic nitrogens is 2. The Morgan fingerprint density at radius 3 is 2.79 bits per heavy atom. The molecule has 0 radical (unpaired) electrons. The molecule has 4 heteroatoms. The van der Waals surface area contributed by atoms with Gasteiger partial charge in [0.1, 0.15) is 11.0 Å². The molecule has 2 heterocycles. The fourth-order valence-electron chi connectivity index (χ4n) is 3.68. The minimum absolute atomic E-state index is 0.565. The first kappa shape index (κ1) is 13.3. The topological polar surface area (TPSA) is 29.0 Å². The van der Waals surface area contributed by atoms with E-state index in [2.05, 4.69) is 14.9 Å². The number of rotatable bonds is 2. The average molecular weight is 280 g/mol. The molecule has 2 fully saturated rings. The molecule has 1 aliphatic carbocycles. The molecule has 1 aromatic heterocycles. The first-order valence-corrected chi connectivity index (χ1v) is 7.81. The van der Waals surface area contributed by atoms with Crippen molar-refractivity contribution in [2.24, 2.45) is 11.8 Å². The van der Waals surface area contributed by atoms with Crippen molar-refractivity contribution >= 4 is 11.6 Å². The molecule has 1 saturated heterocycles. The van der Waals surface area contributed by atoms with E-state index in [1.807, 2.05) is 13.0 Å². The highest BCUT2D eigenvalue weighted by Crippen LogP contribution is 2.36. The third-order valence-corrected chi connectivity index (χ3v) is 4.80. The lowest BCUT2D eigenvalue weighted by atomic mass is 9.75. The van der Waals surface area contributed by atoms with Gasteiger partial charge in [-0.25, -0.2) is 9.97 Å². The second kappa shape index (κ2) is 5.76. The van der Waals surface area contributed by atoms with E-state index in [9.17, 15) is 0 Å². The molecule has 0 bridgehead atoms. The zero-order chi connectivity index (χ0) is 13.2. The van der Waals surface area contributed by atoms with Gasteiger partial charge in [-0.1, -0.05) is 30.9 Å². The third-order valence-electron chi connectivity index (χ3n) is 4.61. The van der Waals surface area contributed by atoms with E-state index in [-0.39, 0.29) is 0 Å². The molecule has 104 valence electrons. The molecule has 1 aliphatic heterocycles. The maximum atomic E-state index is 6.01. The quantitative estimate of drug-likeness (QED) is 0.777. The lowest BCUT2D eigenvalue weighted by molar-refractivity contribution is 0.0803. The van der Waals surface area contributed by atoms with Crippen LogP contribution < -0.4 is 0 Å². The van der Waals surface area contributed by atoms with E-state index >= 15 is 0 Å². The summed E-state index contributed by atoms with van der Waals surface area (Å²) in [6.45, 7) is 5.24. The van der Waals surface area contributed by atoms with Gasteiger partial charge in [-0.2, -0.15) is 0 Å². The normalized spacial score (nSPS) is 28.1. The summed E-state index contributed by atoms with van der Waals surface area (Å²) in [5.74, 6) is 2.76. The minimum atomic E-state index is 0.565. The highest BCUT2D eigenvalue weighted by Gasteiger charge is 2.31. The summed E-state index contributed by atoms with van der Waals surface area (Å²) in [4.78, 5) is 11.4. The zero-order valence-electron chi connectivity index (χ0n) is 11.6. The summed E-state index contributed by atoms with van der Waals surface area (Å²) in [5.41, 5.74) is 0.961. The Hall–Kier alpha value is -0.670. The number of piperidine rings is 1. The summed E-state index contributed by atoms with van der Waals surface area (Å²) in [6.07, 6.45) is 7.08. The largest absolute Gasteiger partial charge is 0.296 e. The number of aryl methyl sites for hydroxylation is 1. The van der Waals surface area contributed by atoms with Crippen LogP contribution in [0, 0.1) is 18.8 Å². The summed E-state index contributed by atoms with van der Waals surface area (Å²) < 4.78 is 0. The predicted molar refractivity (Wildman–Crippen MR) is 77.1 cm³/mol. The lowest BCUT2D eigenvalue weighted by Crippen LogP contribution is -2.41. The molecule has 2 aliphatic rings. The van der Waals surface area contributed by atoms with Crippen molar-refractivity contribution in [3.05, 3.63) is 22.7 Å². The van der Waals surface area contributed by atoms with Crippen molar-refractivity contribution in [1.29, 1.82) is 0 Å². The third kappa shape index (κ3) is 3.26. The number of nitrogens with zero attached hydrogens (tertiary/aromatic N) is 3. The summed E-state index contributed by atoms with van der Waals surface area (Å²) in [5, 5.41) is 0.565. The number of fused-ring (bicyclic) bond motifs is 1. The van der Waals surface area contributed by atoms with Gasteiger partial charge < -0.3 is 0 Å². The number of hydrogen-bond acceptors (Lipinski definition) is 3. The van der Waals surface area contributed by atoms with Crippen LogP contribution in [-0.2, 0) is 6.54 Å². The Balaban J connectivity index is 1.64. The lowest BCUT2D eigenvalue weighted by Gasteiger charge is -2.41. The average Bonchev–Trinajstić information content (AvgIpc) is 2.37. The molecule has 19 heavy (non-hydrogen) atoms. The molecule has 2 atom stereocenters. The maximum Gasteiger partial charge on any atom is 0.144 e. The standard InChI is InChI=1S/C15H22ClN3/c1-11-8-14(16)18-15(17-11)10-19-7-6-12-4-2-3-5-13(12)9-19/h8,12-13H,2-7,9-10H2,1H3. The smallest absolute Gasteiger partial charge is 0.144 e. The van der Waals surface area contributed by atoms with Crippen LogP contribution in [0.3, 0.4) is 0 Å². The molecule has 1 aromatic rings. The van der Waals surface area contributed by atoms with Crippen molar-refractivity contribution < 1.29 is 0 Å². The number of likely N-dealkylation sites (tertiary alicyclic amines) is 1. The summed E-state index contributed by atoms with van der Waals surface area (Å²) >= 11 is 6.01. The van der Waals surface area contributed by atoms with Crippen LogP contribution in [0.25, 0.3) is 0 Å². The molecule has 0 amide bonds. The molecule has 2 unspecified atom stereocenters. The first-order chi connectivity index (χ1) is 9.20. The van der Waals surface area contributed by atoms with Crippen LogP contribution in [0.5, 0.6) is 0 Å². The molecular weight excluding hydrogens is 258 g/mol. The Morgan fingerprint density at radius 1 is 1.21 bits per heavy atom. The van der Waals surface area contributed by atoms with Crippen LogP contribution in [0.15, 0.2) is 6.07 Å². The highest BCUT2D eigenvalue weighted by atomic mass is 35.5. The van der Waals surface area contributed by atoms with Gasteiger partial charge >= 0.3 is 0 Å². The second-order valence-electron chi connectivity index (χ2n) is 6.08. The van der Waals surface area contributed by atoms with Gasteiger partial charge in [-0.15, -0.1) is 0 Å². The Bertz CT molecular complexity index is 429. The van der Waals surface area contributed by atoms with Crippen LogP contribution in [0.4, 0.5) is 0 Å². The Kier molecular flexibility index (Phi) is 4.04. The van der Waals surface area contributed by atoms with Gasteiger partial charge in [0.15, 0.2) is 0 Å². The molecule has 0 aromatic carbocycles.